The number of nitrogens with one attached hydrogen (secondary N) is 1. The Morgan fingerprint density at radius 1 is 1.30 bits per heavy atom. The third kappa shape index (κ3) is 4.30. The van der Waals surface area contributed by atoms with Gasteiger partial charge in [0.25, 0.3) is 0 Å². The Bertz CT molecular complexity index is 880. The number of anilines is 1. The predicted molar refractivity (Wildman–Crippen MR) is 109 cm³/mol. The summed E-state index contributed by atoms with van der Waals surface area (Å²) in [5.74, 6) is 2.36. The minimum absolute atomic E-state index is 0.0189. The van der Waals surface area contributed by atoms with Gasteiger partial charge in [-0.15, -0.1) is 0 Å². The number of pyridine rings is 1. The zero-order chi connectivity index (χ0) is 19.0. The van der Waals surface area contributed by atoms with E-state index in [0.29, 0.717) is 18.4 Å². The van der Waals surface area contributed by atoms with Crippen molar-refractivity contribution in [1.29, 1.82) is 0 Å². The fourth-order valence-electron chi connectivity index (χ4n) is 3.50. The van der Waals surface area contributed by atoms with Gasteiger partial charge in [-0.3, -0.25) is 9.69 Å². The van der Waals surface area contributed by atoms with E-state index in [2.05, 4.69) is 31.1 Å². The van der Waals surface area contributed by atoms with Crippen LogP contribution in [0.15, 0.2) is 22.8 Å². The molecule has 3 heterocycles. The number of carbonyl (C=O) groups is 1. The summed E-state index contributed by atoms with van der Waals surface area (Å²) in [6.07, 6.45) is 5.78. The predicted octanol–water partition coefficient (Wildman–Crippen LogP) is 3.29. The van der Waals surface area contributed by atoms with Crippen LogP contribution >= 0.6 is 28.1 Å². The molecule has 0 bridgehead atoms. The molecule has 1 N–H and O–H groups in total. The average Bonchev–Trinajstić information content (AvgIpc) is 3.47. The lowest BCUT2D eigenvalue weighted by Gasteiger charge is -2.30. The summed E-state index contributed by atoms with van der Waals surface area (Å²) in [6.45, 7) is 2.42. The van der Waals surface area contributed by atoms with Gasteiger partial charge >= 0.3 is 0 Å². The molecule has 2 fully saturated rings. The topological polar surface area (TPSA) is 68.0 Å². The molecule has 1 aliphatic carbocycles. The van der Waals surface area contributed by atoms with Gasteiger partial charge in [-0.05, 0) is 66.0 Å². The van der Waals surface area contributed by atoms with Crippen LogP contribution in [-0.4, -0.2) is 43.2 Å². The zero-order valence-corrected chi connectivity index (χ0v) is 17.7. The Kier molecular flexibility index (Phi) is 5.43. The molecule has 1 saturated heterocycles. The van der Waals surface area contributed by atoms with Crippen LogP contribution in [0.4, 0.5) is 5.82 Å². The summed E-state index contributed by atoms with van der Waals surface area (Å²) in [4.78, 5) is 19.0. The highest BCUT2D eigenvalue weighted by Gasteiger charge is 2.30. The van der Waals surface area contributed by atoms with Gasteiger partial charge < -0.3 is 9.88 Å². The standard InChI is InChI=1S/C18H23BrN6OS/c1-23-16(12-2-3-12)22-25(18(23)27)11-24-8-6-13(7-9-24)17(26)21-15-5-4-14(19)10-20-15/h4-5,10,12-13H,2-3,6-9,11H2,1H3,(H,20,21,26). The fourth-order valence-corrected chi connectivity index (χ4v) is 3.92. The van der Waals surface area contributed by atoms with E-state index in [0.717, 1.165) is 41.0 Å². The van der Waals surface area contributed by atoms with Gasteiger partial charge in [0, 0.05) is 42.6 Å². The molecule has 27 heavy (non-hydrogen) atoms. The second kappa shape index (κ2) is 7.81. The second-order valence-electron chi connectivity index (χ2n) is 7.36. The summed E-state index contributed by atoms with van der Waals surface area (Å²) in [7, 11) is 2.01. The van der Waals surface area contributed by atoms with Gasteiger partial charge in [-0.25, -0.2) is 9.67 Å². The number of nitrogens with zero attached hydrogens (tertiary/aromatic N) is 5. The van der Waals surface area contributed by atoms with Crippen LogP contribution in [0.5, 0.6) is 0 Å². The lowest BCUT2D eigenvalue weighted by Crippen LogP contribution is -2.39. The van der Waals surface area contributed by atoms with Crippen molar-refractivity contribution in [3.8, 4) is 0 Å². The van der Waals surface area contributed by atoms with Crippen molar-refractivity contribution in [2.45, 2.75) is 38.3 Å². The van der Waals surface area contributed by atoms with Crippen LogP contribution in [0.3, 0.4) is 0 Å². The maximum absolute atomic E-state index is 12.5. The Morgan fingerprint density at radius 3 is 2.67 bits per heavy atom. The number of rotatable bonds is 5. The number of hydrogen-bond acceptors (Lipinski definition) is 5. The smallest absolute Gasteiger partial charge is 0.228 e. The number of hydrogen-bond donors (Lipinski definition) is 1. The molecule has 0 aromatic carbocycles. The molecule has 1 aliphatic heterocycles. The van der Waals surface area contributed by atoms with Crippen LogP contribution < -0.4 is 5.32 Å². The van der Waals surface area contributed by atoms with Crippen LogP contribution in [-0.2, 0) is 18.5 Å². The van der Waals surface area contributed by atoms with E-state index >= 15 is 0 Å². The minimum atomic E-state index is 0.0189. The lowest BCUT2D eigenvalue weighted by molar-refractivity contribution is -0.121. The average molecular weight is 451 g/mol. The fraction of sp³-hybridized carbons (Fsp3) is 0.556. The van der Waals surface area contributed by atoms with Crippen LogP contribution in [0, 0.1) is 10.7 Å². The van der Waals surface area contributed by atoms with Gasteiger partial charge in [0.2, 0.25) is 5.91 Å². The molecule has 1 saturated carbocycles. The Labute approximate surface area is 171 Å². The van der Waals surface area contributed by atoms with E-state index in [4.69, 9.17) is 17.3 Å². The number of amides is 1. The summed E-state index contributed by atoms with van der Waals surface area (Å²) >= 11 is 8.89. The first kappa shape index (κ1) is 18.8. The van der Waals surface area contributed by atoms with Crippen molar-refractivity contribution in [3.63, 3.8) is 0 Å². The van der Waals surface area contributed by atoms with E-state index < -0.39 is 0 Å². The maximum atomic E-state index is 12.5. The molecule has 1 amide bonds. The highest BCUT2D eigenvalue weighted by Crippen LogP contribution is 2.38. The van der Waals surface area contributed by atoms with Crippen LogP contribution in [0.1, 0.15) is 37.4 Å². The summed E-state index contributed by atoms with van der Waals surface area (Å²) < 4.78 is 5.64. The van der Waals surface area contributed by atoms with Gasteiger partial charge in [-0.2, -0.15) is 5.10 Å². The molecule has 144 valence electrons. The molecule has 0 atom stereocenters. The van der Waals surface area contributed by atoms with Crippen molar-refractivity contribution in [2.75, 3.05) is 18.4 Å². The zero-order valence-electron chi connectivity index (χ0n) is 15.3. The van der Waals surface area contributed by atoms with E-state index in [9.17, 15) is 4.79 Å². The maximum Gasteiger partial charge on any atom is 0.228 e. The molecule has 7 nitrogen and oxygen atoms in total. The van der Waals surface area contributed by atoms with Crippen LogP contribution in [0.25, 0.3) is 0 Å². The molecule has 2 aliphatic rings. The highest BCUT2D eigenvalue weighted by atomic mass is 79.9. The van der Waals surface area contributed by atoms with Crippen molar-refractivity contribution in [3.05, 3.63) is 33.4 Å². The SMILES string of the molecule is Cn1c(C2CC2)nn(CN2CCC(C(=O)Nc3ccc(Br)cn3)CC2)c1=S. The van der Waals surface area contributed by atoms with E-state index in [1.165, 1.54) is 12.8 Å². The molecule has 9 heteroatoms. The summed E-state index contributed by atoms with van der Waals surface area (Å²) in [6, 6.07) is 3.68. The van der Waals surface area contributed by atoms with Gasteiger partial charge in [0.15, 0.2) is 4.77 Å². The van der Waals surface area contributed by atoms with E-state index in [-0.39, 0.29) is 11.8 Å². The molecule has 2 aromatic rings. The van der Waals surface area contributed by atoms with Crippen molar-refractivity contribution in [2.24, 2.45) is 13.0 Å². The molecule has 4 rings (SSSR count). The molecular formula is C18H23BrN6OS. The third-order valence-electron chi connectivity index (χ3n) is 5.29. The Balaban J connectivity index is 1.31. The normalized spacial score (nSPS) is 18.6. The van der Waals surface area contributed by atoms with E-state index in [1.807, 2.05) is 22.4 Å². The number of carbonyl (C=O) groups excluding carboxylic acids is 1. The highest BCUT2D eigenvalue weighted by molar-refractivity contribution is 9.10. The van der Waals surface area contributed by atoms with Gasteiger partial charge in [0.05, 0.1) is 6.67 Å². The van der Waals surface area contributed by atoms with E-state index in [1.54, 1.807) is 12.3 Å². The first-order valence-corrected chi connectivity index (χ1v) is 10.5. The van der Waals surface area contributed by atoms with Gasteiger partial charge in [0.1, 0.15) is 11.6 Å². The molecule has 0 unspecified atom stereocenters. The third-order valence-corrected chi connectivity index (χ3v) is 6.24. The van der Waals surface area contributed by atoms with Crippen molar-refractivity contribution in [1.82, 2.24) is 24.2 Å². The number of likely N-dealkylation sites (tertiary alicyclic amines) is 1. The van der Waals surface area contributed by atoms with Crippen LogP contribution in [0.2, 0.25) is 0 Å². The van der Waals surface area contributed by atoms with Crippen molar-refractivity contribution < 1.29 is 4.79 Å². The monoisotopic (exact) mass is 450 g/mol. The Morgan fingerprint density at radius 2 is 2.04 bits per heavy atom. The second-order valence-corrected chi connectivity index (χ2v) is 8.64. The molecular weight excluding hydrogens is 428 g/mol. The first-order chi connectivity index (χ1) is 13.0. The number of halogens is 1. The molecule has 2 aromatic heterocycles. The molecule has 0 spiro atoms. The first-order valence-electron chi connectivity index (χ1n) is 9.30. The minimum Gasteiger partial charge on any atom is -0.310 e. The van der Waals surface area contributed by atoms with Gasteiger partial charge in [-0.1, -0.05) is 0 Å². The summed E-state index contributed by atoms with van der Waals surface area (Å²) in [5.41, 5.74) is 0. The molecule has 0 radical (unpaired) electrons. The Hall–Kier alpha value is -1.58. The lowest BCUT2D eigenvalue weighted by atomic mass is 9.96. The quantitative estimate of drug-likeness (QED) is 0.707. The number of piperidine rings is 1. The van der Waals surface area contributed by atoms with Crippen molar-refractivity contribution >= 4 is 39.9 Å². The summed E-state index contributed by atoms with van der Waals surface area (Å²) in [5, 5.41) is 7.64. The number of aromatic nitrogens is 4. The largest absolute Gasteiger partial charge is 0.310 e.